The number of fused-ring (bicyclic) bond motifs is 3. The normalized spacial score (nSPS) is 28.1. The van der Waals surface area contributed by atoms with Crippen LogP contribution in [0.25, 0.3) is 21.7 Å². The van der Waals surface area contributed by atoms with E-state index in [-0.39, 0.29) is 25.0 Å². The summed E-state index contributed by atoms with van der Waals surface area (Å²) in [5.74, 6) is -0.888. The molecule has 264 valence electrons. The van der Waals surface area contributed by atoms with Crippen LogP contribution in [0.15, 0.2) is 48.0 Å². The van der Waals surface area contributed by atoms with Gasteiger partial charge < -0.3 is 29.7 Å². The van der Waals surface area contributed by atoms with Gasteiger partial charge in [-0.2, -0.15) is 4.98 Å². The van der Waals surface area contributed by atoms with Crippen molar-refractivity contribution in [1.82, 2.24) is 30.5 Å². The van der Waals surface area contributed by atoms with Crippen molar-refractivity contribution in [3.8, 4) is 17.4 Å². The Kier molecular flexibility index (Phi) is 9.97. The number of alkyl carbamates (subject to hydrolysis) is 1. The Morgan fingerprint density at radius 3 is 2.68 bits per heavy atom. The maximum Gasteiger partial charge on any atom is 0.408 e. The largest absolute Gasteiger partial charge is 0.472 e. The van der Waals surface area contributed by atoms with Gasteiger partial charge in [-0.05, 0) is 74.9 Å². The number of methoxy groups -OCH3 is 1. The van der Waals surface area contributed by atoms with E-state index in [0.29, 0.717) is 42.0 Å². The Labute approximate surface area is 294 Å². The lowest BCUT2D eigenvalue weighted by atomic mass is 10.0. The Bertz CT molecular complexity index is 1760. The number of hydrogen-bond acceptors (Lipinski definition) is 11. The van der Waals surface area contributed by atoms with Crippen molar-refractivity contribution in [3.05, 3.63) is 48.0 Å². The van der Waals surface area contributed by atoms with Crippen molar-refractivity contribution >= 4 is 45.4 Å². The third-order valence-electron chi connectivity index (χ3n) is 10.1. The number of hydrogen-bond donors (Lipinski definition) is 2. The molecular formula is C36H42N6O7S. The molecule has 2 aliphatic heterocycles. The van der Waals surface area contributed by atoms with Crippen molar-refractivity contribution in [2.75, 3.05) is 13.7 Å². The number of thiophene rings is 1. The van der Waals surface area contributed by atoms with E-state index >= 15 is 0 Å². The Morgan fingerprint density at radius 1 is 1.04 bits per heavy atom. The summed E-state index contributed by atoms with van der Waals surface area (Å²) in [4.78, 5) is 70.7. The summed E-state index contributed by atoms with van der Waals surface area (Å²) >= 11 is 1.45. The van der Waals surface area contributed by atoms with E-state index in [1.807, 2.05) is 41.8 Å². The fourth-order valence-corrected chi connectivity index (χ4v) is 8.09. The highest BCUT2D eigenvalue weighted by atomic mass is 32.1. The van der Waals surface area contributed by atoms with Gasteiger partial charge in [0.25, 0.3) is 0 Å². The molecule has 7 rings (SSSR count). The van der Waals surface area contributed by atoms with Gasteiger partial charge in [0.15, 0.2) is 5.82 Å². The minimum atomic E-state index is -1.20. The third kappa shape index (κ3) is 7.16. The molecule has 2 aliphatic carbocycles. The molecule has 0 spiro atoms. The number of allylic oxidation sites excluding steroid dienone is 1. The van der Waals surface area contributed by atoms with E-state index in [1.165, 1.54) is 23.3 Å². The van der Waals surface area contributed by atoms with Gasteiger partial charge in [0.1, 0.15) is 40.4 Å². The van der Waals surface area contributed by atoms with E-state index in [1.54, 1.807) is 6.20 Å². The first-order chi connectivity index (χ1) is 24.3. The second kappa shape index (κ2) is 14.7. The summed E-state index contributed by atoms with van der Waals surface area (Å²) in [6.45, 7) is 0.0654. The highest BCUT2D eigenvalue weighted by Crippen LogP contribution is 2.46. The lowest BCUT2D eigenvalue weighted by Crippen LogP contribution is -2.56. The van der Waals surface area contributed by atoms with Crippen LogP contribution in [0.5, 0.6) is 5.88 Å². The van der Waals surface area contributed by atoms with Crippen LogP contribution < -0.4 is 15.4 Å². The molecule has 3 aromatic heterocycles. The summed E-state index contributed by atoms with van der Waals surface area (Å²) < 4.78 is 17.3. The molecule has 0 bridgehead atoms. The first-order valence-corrected chi connectivity index (χ1v) is 18.4. The number of nitrogens with one attached hydrogen (secondary N) is 2. The minimum Gasteiger partial charge on any atom is -0.472 e. The van der Waals surface area contributed by atoms with Gasteiger partial charge in [0.2, 0.25) is 17.7 Å². The Morgan fingerprint density at radius 2 is 1.88 bits per heavy atom. The predicted octanol–water partition coefficient (Wildman–Crippen LogP) is 4.71. The number of pyridine rings is 1. The zero-order valence-corrected chi connectivity index (χ0v) is 28.9. The monoisotopic (exact) mass is 702 g/mol. The van der Waals surface area contributed by atoms with E-state index < -0.39 is 47.6 Å². The van der Waals surface area contributed by atoms with Crippen LogP contribution in [0, 0.1) is 5.92 Å². The molecule has 3 aromatic rings. The van der Waals surface area contributed by atoms with Crippen LogP contribution in [-0.2, 0) is 23.9 Å². The first kappa shape index (κ1) is 33.9. The predicted molar refractivity (Wildman–Crippen MR) is 184 cm³/mol. The fraction of sp³-hybridized carbons (Fsp3) is 0.528. The molecular weight excluding hydrogens is 660 g/mol. The molecule has 50 heavy (non-hydrogen) atoms. The summed E-state index contributed by atoms with van der Waals surface area (Å²) in [6, 6.07) is 5.48. The van der Waals surface area contributed by atoms with Gasteiger partial charge >= 0.3 is 12.1 Å². The average molecular weight is 703 g/mol. The number of esters is 1. The van der Waals surface area contributed by atoms with E-state index in [0.717, 1.165) is 49.8 Å². The maximum atomic E-state index is 14.4. The van der Waals surface area contributed by atoms with Crippen molar-refractivity contribution in [3.63, 3.8) is 0 Å². The average Bonchev–Trinajstić information content (AvgIpc) is 3.58. The van der Waals surface area contributed by atoms with E-state index in [9.17, 15) is 19.2 Å². The van der Waals surface area contributed by atoms with Crippen molar-refractivity contribution in [2.45, 2.75) is 100 Å². The van der Waals surface area contributed by atoms with Crippen molar-refractivity contribution in [2.24, 2.45) is 5.92 Å². The van der Waals surface area contributed by atoms with Crippen LogP contribution in [0.2, 0.25) is 0 Å². The van der Waals surface area contributed by atoms with Crippen LogP contribution in [0.4, 0.5) is 4.79 Å². The second-order valence-electron chi connectivity index (χ2n) is 13.5. The molecule has 13 nitrogen and oxygen atoms in total. The zero-order chi connectivity index (χ0) is 34.7. The third-order valence-corrected chi connectivity index (χ3v) is 10.9. The molecule has 5 atom stereocenters. The zero-order valence-electron chi connectivity index (χ0n) is 28.0. The number of rotatable bonds is 6. The smallest absolute Gasteiger partial charge is 0.408 e. The summed E-state index contributed by atoms with van der Waals surface area (Å²) in [7, 11) is 1.31. The molecule has 14 heteroatoms. The SMILES string of the molecule is COC(=O)[C@@]12C[C@@H]1/C=C\CCCCC[C@H](NC(=O)OC1CCCC1)C(=O)N1C[C@H](Oc3nc(-c4ccccn4)nc4sccc34)C[C@H]1C(=O)N2. The number of aromatic nitrogens is 3. The minimum absolute atomic E-state index is 0.0654. The van der Waals surface area contributed by atoms with Gasteiger partial charge in [-0.25, -0.2) is 14.6 Å². The van der Waals surface area contributed by atoms with Crippen LogP contribution in [-0.4, -0.2) is 87.2 Å². The molecule has 0 unspecified atom stereocenters. The van der Waals surface area contributed by atoms with Gasteiger partial charge in [-0.1, -0.05) is 31.1 Å². The standard InChI is InChI=1S/C36H42N6O7S/c1-47-34(45)36-20-22(36)11-5-3-2-4-6-15-27(38-35(46)49-23-12-7-8-13-23)33(44)42-21-24(19-28(42)30(43)41-36)48-31-25-16-18-50-32(25)40-29(39-31)26-14-9-10-17-37-26/h5,9-11,14,16-18,22-24,27-28H,2-4,6-8,12-13,15,19-21H2,1H3,(H,38,46)(H,41,43)/b11-5-/t22-,24+,27-,28-,36+/m0/s1. The van der Waals surface area contributed by atoms with Crippen LogP contribution in [0.1, 0.15) is 70.6 Å². The number of carbonyl (C=O) groups excluding carboxylic acids is 4. The van der Waals surface area contributed by atoms with Gasteiger partial charge in [-0.3, -0.25) is 14.6 Å². The number of ether oxygens (including phenoxy) is 3. The molecule has 2 N–H and O–H groups in total. The van der Waals surface area contributed by atoms with Crippen LogP contribution >= 0.6 is 11.3 Å². The lowest BCUT2D eigenvalue weighted by Gasteiger charge is -2.29. The van der Waals surface area contributed by atoms with E-state index in [4.69, 9.17) is 19.2 Å². The molecule has 1 saturated heterocycles. The van der Waals surface area contributed by atoms with Gasteiger partial charge in [0, 0.05) is 18.5 Å². The summed E-state index contributed by atoms with van der Waals surface area (Å²) in [5.41, 5.74) is -0.618. The highest BCUT2D eigenvalue weighted by Gasteiger charge is 2.62. The molecule has 5 heterocycles. The lowest BCUT2D eigenvalue weighted by molar-refractivity contribution is -0.148. The first-order valence-electron chi connectivity index (χ1n) is 17.5. The molecule has 0 radical (unpaired) electrons. The number of nitrogens with zero attached hydrogens (tertiary/aromatic N) is 4. The fourth-order valence-electron chi connectivity index (χ4n) is 7.33. The highest BCUT2D eigenvalue weighted by molar-refractivity contribution is 7.16. The van der Waals surface area contributed by atoms with Crippen LogP contribution in [0.3, 0.4) is 0 Å². The van der Waals surface area contributed by atoms with Crippen molar-refractivity contribution in [1.29, 1.82) is 0 Å². The maximum absolute atomic E-state index is 14.4. The topological polar surface area (TPSA) is 162 Å². The Balaban J connectivity index is 1.18. The number of carbonyl (C=O) groups is 4. The number of amides is 3. The van der Waals surface area contributed by atoms with E-state index in [2.05, 4.69) is 20.6 Å². The van der Waals surface area contributed by atoms with Gasteiger partial charge in [0.05, 0.1) is 19.0 Å². The molecule has 3 fully saturated rings. The summed E-state index contributed by atoms with van der Waals surface area (Å²) in [5, 5.41) is 8.41. The molecule has 4 aliphatic rings. The molecule has 3 amide bonds. The molecule has 0 aromatic carbocycles. The second-order valence-corrected chi connectivity index (χ2v) is 14.4. The summed E-state index contributed by atoms with van der Waals surface area (Å²) in [6.07, 6.45) is 12.0. The molecule has 2 saturated carbocycles. The van der Waals surface area contributed by atoms with Crippen molar-refractivity contribution < 1.29 is 33.4 Å². The van der Waals surface area contributed by atoms with Gasteiger partial charge in [-0.15, -0.1) is 11.3 Å². The Hall–Kier alpha value is -4.59. The quantitative estimate of drug-likeness (QED) is 0.272.